The number of ether oxygens (including phenoxy) is 1. The number of nitrogens with one attached hydrogen (secondary N) is 1. The number of rotatable bonds is 5. The molecule has 0 spiro atoms. The van der Waals surface area contributed by atoms with Gasteiger partial charge in [-0.2, -0.15) is 0 Å². The molecule has 1 N–H and O–H groups in total. The number of likely N-dealkylation sites (tertiary alicyclic amines) is 1. The van der Waals surface area contributed by atoms with Gasteiger partial charge in [-0.3, -0.25) is 4.90 Å². The molecule has 3 nitrogen and oxygen atoms in total. The van der Waals surface area contributed by atoms with Gasteiger partial charge in [-0.1, -0.05) is 18.2 Å². The van der Waals surface area contributed by atoms with E-state index in [1.807, 2.05) is 13.1 Å². The normalized spacial score (nSPS) is 18.4. The molecule has 1 atom stereocenters. The van der Waals surface area contributed by atoms with Crippen molar-refractivity contribution in [2.24, 2.45) is 5.92 Å². The molecule has 120 valence electrons. The molecule has 1 aliphatic rings. The minimum absolute atomic E-state index is 0. The molecule has 3 rings (SSSR count). The second-order valence-corrected chi connectivity index (χ2v) is 5.99. The van der Waals surface area contributed by atoms with Crippen LogP contribution in [0.1, 0.15) is 12.0 Å². The molecule has 1 aliphatic heterocycles. The van der Waals surface area contributed by atoms with Gasteiger partial charge < -0.3 is 10.1 Å². The summed E-state index contributed by atoms with van der Waals surface area (Å²) in [5, 5.41) is 5.82. The Morgan fingerprint density at radius 1 is 1.18 bits per heavy atom. The highest BCUT2D eigenvalue weighted by Gasteiger charge is 2.21. The number of hydrogen-bond donors (Lipinski definition) is 1. The fourth-order valence-electron chi connectivity index (χ4n) is 3.27. The fourth-order valence-corrected chi connectivity index (χ4v) is 3.27. The van der Waals surface area contributed by atoms with E-state index in [-0.39, 0.29) is 12.4 Å². The van der Waals surface area contributed by atoms with Gasteiger partial charge >= 0.3 is 0 Å². The zero-order chi connectivity index (χ0) is 14.7. The van der Waals surface area contributed by atoms with E-state index >= 15 is 0 Å². The Hall–Kier alpha value is -1.29. The molecule has 0 bridgehead atoms. The maximum absolute atomic E-state index is 5.28. The summed E-state index contributed by atoms with van der Waals surface area (Å²) in [6.45, 7) is 4.62. The molecule has 22 heavy (non-hydrogen) atoms. The van der Waals surface area contributed by atoms with Crippen LogP contribution in [0.4, 0.5) is 0 Å². The third kappa shape index (κ3) is 3.92. The molecule has 0 aromatic heterocycles. The first-order valence-corrected chi connectivity index (χ1v) is 7.72. The van der Waals surface area contributed by atoms with E-state index in [9.17, 15) is 0 Å². The van der Waals surface area contributed by atoms with Gasteiger partial charge in [0.2, 0.25) is 0 Å². The number of hydrogen-bond acceptors (Lipinski definition) is 3. The summed E-state index contributed by atoms with van der Waals surface area (Å²) < 4.78 is 5.28. The summed E-state index contributed by atoms with van der Waals surface area (Å²) >= 11 is 0. The average molecular weight is 321 g/mol. The van der Waals surface area contributed by atoms with Crippen molar-refractivity contribution in [3.63, 3.8) is 0 Å². The highest BCUT2D eigenvalue weighted by Crippen LogP contribution is 2.24. The fraction of sp³-hybridized carbons (Fsp3) is 0.444. The summed E-state index contributed by atoms with van der Waals surface area (Å²) in [5.41, 5.74) is 1.40. The Morgan fingerprint density at radius 3 is 2.73 bits per heavy atom. The molecular weight excluding hydrogens is 296 g/mol. The van der Waals surface area contributed by atoms with Crippen molar-refractivity contribution in [1.82, 2.24) is 10.2 Å². The van der Waals surface area contributed by atoms with Gasteiger partial charge in [0, 0.05) is 13.1 Å². The summed E-state index contributed by atoms with van der Waals surface area (Å²) in [7, 11) is 3.75. The number of methoxy groups -OCH3 is 1. The summed E-state index contributed by atoms with van der Waals surface area (Å²) in [5.74, 6) is 1.73. The van der Waals surface area contributed by atoms with Gasteiger partial charge in [-0.05, 0) is 67.0 Å². The van der Waals surface area contributed by atoms with Crippen LogP contribution in [0.2, 0.25) is 0 Å². The highest BCUT2D eigenvalue weighted by molar-refractivity contribution is 5.85. The predicted octanol–water partition coefficient (Wildman–Crippen LogP) is 3.31. The van der Waals surface area contributed by atoms with Gasteiger partial charge in [0.25, 0.3) is 0 Å². The molecule has 0 radical (unpaired) electrons. The van der Waals surface area contributed by atoms with Crippen LogP contribution < -0.4 is 10.1 Å². The van der Waals surface area contributed by atoms with Crippen LogP contribution in [0.25, 0.3) is 10.8 Å². The number of nitrogens with zero attached hydrogens (tertiary/aromatic N) is 1. The van der Waals surface area contributed by atoms with Crippen molar-refractivity contribution in [2.75, 3.05) is 33.8 Å². The van der Waals surface area contributed by atoms with E-state index < -0.39 is 0 Å². The quantitative estimate of drug-likeness (QED) is 0.914. The monoisotopic (exact) mass is 320 g/mol. The molecule has 0 saturated carbocycles. The smallest absolute Gasteiger partial charge is 0.119 e. The van der Waals surface area contributed by atoms with E-state index in [2.05, 4.69) is 40.5 Å². The van der Waals surface area contributed by atoms with Crippen molar-refractivity contribution in [3.8, 4) is 5.75 Å². The van der Waals surface area contributed by atoms with Crippen molar-refractivity contribution >= 4 is 23.2 Å². The molecule has 0 aliphatic carbocycles. The minimum Gasteiger partial charge on any atom is -0.497 e. The number of fused-ring (bicyclic) bond motifs is 1. The van der Waals surface area contributed by atoms with E-state index in [0.717, 1.165) is 24.8 Å². The molecule has 2 aromatic carbocycles. The van der Waals surface area contributed by atoms with Crippen molar-refractivity contribution in [3.05, 3.63) is 42.0 Å². The maximum Gasteiger partial charge on any atom is 0.119 e. The minimum atomic E-state index is 0. The van der Waals surface area contributed by atoms with Crippen molar-refractivity contribution < 1.29 is 4.74 Å². The van der Waals surface area contributed by atoms with E-state index in [4.69, 9.17) is 4.74 Å². The summed E-state index contributed by atoms with van der Waals surface area (Å²) in [6, 6.07) is 13.0. The van der Waals surface area contributed by atoms with Crippen LogP contribution in [-0.4, -0.2) is 38.7 Å². The van der Waals surface area contributed by atoms with Gasteiger partial charge in [-0.25, -0.2) is 0 Å². The first kappa shape index (κ1) is 17.1. The molecule has 1 heterocycles. The lowest BCUT2D eigenvalue weighted by Gasteiger charge is -2.16. The van der Waals surface area contributed by atoms with Crippen LogP contribution in [0.5, 0.6) is 5.75 Å². The molecule has 0 amide bonds. The zero-order valence-corrected chi connectivity index (χ0v) is 14.2. The Kier molecular flexibility index (Phi) is 6.07. The third-order valence-corrected chi connectivity index (χ3v) is 4.38. The van der Waals surface area contributed by atoms with E-state index in [0.29, 0.717) is 0 Å². The lowest BCUT2D eigenvalue weighted by atomic mass is 10.1. The lowest BCUT2D eigenvalue weighted by Crippen LogP contribution is -2.24. The SMILES string of the molecule is CNCC1CCN(Cc2ccc3cc(OC)ccc3c2)C1.Cl. The Balaban J connectivity index is 0.00000176. The molecule has 1 unspecified atom stereocenters. The Morgan fingerprint density at radius 2 is 1.95 bits per heavy atom. The van der Waals surface area contributed by atoms with Gasteiger partial charge in [0.05, 0.1) is 7.11 Å². The van der Waals surface area contributed by atoms with Crippen molar-refractivity contribution in [1.29, 1.82) is 0 Å². The highest BCUT2D eigenvalue weighted by atomic mass is 35.5. The van der Waals surface area contributed by atoms with Crippen LogP contribution in [0.3, 0.4) is 0 Å². The maximum atomic E-state index is 5.28. The second-order valence-electron chi connectivity index (χ2n) is 5.99. The van der Waals surface area contributed by atoms with Gasteiger partial charge in [-0.15, -0.1) is 12.4 Å². The van der Waals surface area contributed by atoms with E-state index in [1.165, 1.54) is 35.8 Å². The standard InChI is InChI=1S/C18H24N2O.ClH/c1-19-11-15-7-8-20(13-15)12-14-3-4-17-10-18(21-2)6-5-16(17)9-14;/h3-6,9-10,15,19H,7-8,11-13H2,1-2H3;1H. The van der Waals surface area contributed by atoms with Crippen molar-refractivity contribution in [2.45, 2.75) is 13.0 Å². The van der Waals surface area contributed by atoms with Crippen LogP contribution in [-0.2, 0) is 6.54 Å². The van der Waals surface area contributed by atoms with Crippen LogP contribution in [0.15, 0.2) is 36.4 Å². The second kappa shape index (κ2) is 7.82. The third-order valence-electron chi connectivity index (χ3n) is 4.38. The topological polar surface area (TPSA) is 24.5 Å². The molecular formula is C18H25ClN2O. The van der Waals surface area contributed by atoms with E-state index in [1.54, 1.807) is 7.11 Å². The Bertz CT molecular complexity index is 617. The van der Waals surface area contributed by atoms with Gasteiger partial charge in [0.1, 0.15) is 5.75 Å². The largest absolute Gasteiger partial charge is 0.497 e. The average Bonchev–Trinajstić information content (AvgIpc) is 2.94. The van der Waals surface area contributed by atoms with Crippen LogP contribution >= 0.6 is 12.4 Å². The van der Waals surface area contributed by atoms with Gasteiger partial charge in [0.15, 0.2) is 0 Å². The lowest BCUT2D eigenvalue weighted by molar-refractivity contribution is 0.315. The number of benzene rings is 2. The first-order chi connectivity index (χ1) is 10.3. The Labute approximate surface area is 139 Å². The summed E-state index contributed by atoms with van der Waals surface area (Å²) in [4.78, 5) is 2.56. The number of halogens is 1. The summed E-state index contributed by atoms with van der Waals surface area (Å²) in [6.07, 6.45) is 1.31. The first-order valence-electron chi connectivity index (χ1n) is 7.72. The molecule has 2 aromatic rings. The molecule has 4 heteroatoms. The molecule has 1 saturated heterocycles. The predicted molar refractivity (Wildman–Crippen MR) is 95.1 cm³/mol. The zero-order valence-electron chi connectivity index (χ0n) is 13.3. The molecule has 1 fully saturated rings. The van der Waals surface area contributed by atoms with Crippen LogP contribution in [0, 0.1) is 5.92 Å².